The summed E-state index contributed by atoms with van der Waals surface area (Å²) in [5.74, 6) is 5.75. The molecule has 0 bridgehead atoms. The third kappa shape index (κ3) is 4.27. The molecule has 136 valence electrons. The molecule has 0 fully saturated rings. The molecule has 0 radical (unpaired) electrons. The van der Waals surface area contributed by atoms with Crippen LogP contribution in [-0.2, 0) is 12.7 Å². The smallest absolute Gasteiger partial charge is 0.416 e. The van der Waals surface area contributed by atoms with Gasteiger partial charge >= 0.3 is 6.18 Å². The van der Waals surface area contributed by atoms with E-state index >= 15 is 0 Å². The highest BCUT2D eigenvalue weighted by molar-refractivity contribution is 5.44. The Labute approximate surface area is 148 Å². The van der Waals surface area contributed by atoms with Crippen LogP contribution in [0.25, 0.3) is 0 Å². The number of halogens is 4. The van der Waals surface area contributed by atoms with E-state index in [9.17, 15) is 17.6 Å². The lowest BCUT2D eigenvalue weighted by atomic mass is 10.1. The molecule has 0 atom stereocenters. The molecule has 0 unspecified atom stereocenters. The van der Waals surface area contributed by atoms with Gasteiger partial charge in [0.15, 0.2) is 11.5 Å². The molecule has 0 spiro atoms. The van der Waals surface area contributed by atoms with Crippen molar-refractivity contribution in [2.45, 2.75) is 12.7 Å². The van der Waals surface area contributed by atoms with Gasteiger partial charge in [-0.1, -0.05) is 17.9 Å². The molecule has 0 N–H and O–H groups in total. The molecule has 2 aromatic rings. The van der Waals surface area contributed by atoms with Crippen LogP contribution < -0.4 is 9.47 Å². The second kappa shape index (κ2) is 7.26. The second-order valence-corrected chi connectivity index (χ2v) is 5.85. The summed E-state index contributed by atoms with van der Waals surface area (Å²) in [6, 6.07) is 7.94. The quantitative estimate of drug-likeness (QED) is 0.605. The summed E-state index contributed by atoms with van der Waals surface area (Å²) in [6.07, 6.45) is -4.57. The van der Waals surface area contributed by atoms with Crippen molar-refractivity contribution in [3.63, 3.8) is 0 Å². The Bertz CT molecular complexity index is 868. The summed E-state index contributed by atoms with van der Waals surface area (Å²) in [5, 5.41) is 0. The van der Waals surface area contributed by atoms with Crippen LogP contribution in [-0.4, -0.2) is 25.3 Å². The van der Waals surface area contributed by atoms with E-state index in [1.807, 2.05) is 30.1 Å². The van der Waals surface area contributed by atoms with E-state index in [2.05, 4.69) is 11.8 Å². The molecule has 0 saturated heterocycles. The lowest BCUT2D eigenvalue weighted by Crippen LogP contribution is -2.17. The van der Waals surface area contributed by atoms with Crippen LogP contribution in [0.5, 0.6) is 11.5 Å². The topological polar surface area (TPSA) is 21.7 Å². The summed E-state index contributed by atoms with van der Waals surface area (Å²) in [7, 11) is 1.84. The predicted octanol–water partition coefficient (Wildman–Crippen LogP) is 4.06. The summed E-state index contributed by atoms with van der Waals surface area (Å²) in [6.45, 7) is 1.12. The molecule has 3 nitrogen and oxygen atoms in total. The van der Waals surface area contributed by atoms with Crippen molar-refractivity contribution in [1.29, 1.82) is 0 Å². The number of ether oxygens (including phenoxy) is 2. The Kier molecular flexibility index (Phi) is 5.05. The van der Waals surface area contributed by atoms with Crippen molar-refractivity contribution in [1.82, 2.24) is 4.90 Å². The van der Waals surface area contributed by atoms with Crippen molar-refractivity contribution in [3.8, 4) is 23.3 Å². The van der Waals surface area contributed by atoms with Crippen molar-refractivity contribution in [3.05, 3.63) is 58.9 Å². The fourth-order valence-corrected chi connectivity index (χ4v) is 2.47. The number of fused-ring (bicyclic) bond motifs is 1. The van der Waals surface area contributed by atoms with E-state index in [1.54, 1.807) is 0 Å². The normalized spacial score (nSPS) is 12.8. The molecule has 7 heteroatoms. The second-order valence-electron chi connectivity index (χ2n) is 5.85. The van der Waals surface area contributed by atoms with E-state index in [0.717, 1.165) is 17.7 Å². The first-order valence-electron chi connectivity index (χ1n) is 7.75. The van der Waals surface area contributed by atoms with Crippen molar-refractivity contribution in [2.75, 3.05) is 20.4 Å². The van der Waals surface area contributed by atoms with Crippen LogP contribution in [0.3, 0.4) is 0 Å². The molecule has 1 heterocycles. The van der Waals surface area contributed by atoms with Gasteiger partial charge in [-0.2, -0.15) is 13.2 Å². The van der Waals surface area contributed by atoms with Gasteiger partial charge in [0.25, 0.3) is 0 Å². The lowest BCUT2D eigenvalue weighted by molar-refractivity contribution is -0.137. The Morgan fingerprint density at radius 1 is 1.08 bits per heavy atom. The maximum atomic E-state index is 13.7. The van der Waals surface area contributed by atoms with Gasteiger partial charge < -0.3 is 9.47 Å². The number of benzene rings is 2. The van der Waals surface area contributed by atoms with Gasteiger partial charge in [0.05, 0.1) is 17.7 Å². The van der Waals surface area contributed by atoms with Crippen LogP contribution in [0.2, 0.25) is 0 Å². The standard InChI is InChI=1S/C19H15F4NO2/c1-24(11-13-4-7-17-18(9-13)26-12-25-17)8-2-3-14-5-6-15(10-16(14)20)19(21,22)23/h4-7,9-10H,8,11-12H2,1H3. The Morgan fingerprint density at radius 3 is 2.58 bits per heavy atom. The monoisotopic (exact) mass is 365 g/mol. The molecule has 0 aromatic heterocycles. The van der Waals surface area contributed by atoms with E-state index in [0.29, 0.717) is 30.7 Å². The molecular weight excluding hydrogens is 350 g/mol. The summed E-state index contributed by atoms with van der Waals surface area (Å²) in [4.78, 5) is 1.90. The largest absolute Gasteiger partial charge is 0.454 e. The Morgan fingerprint density at radius 2 is 1.85 bits per heavy atom. The molecule has 1 aliphatic rings. The van der Waals surface area contributed by atoms with Crippen LogP contribution in [0.15, 0.2) is 36.4 Å². The van der Waals surface area contributed by atoms with Gasteiger partial charge in [-0.15, -0.1) is 0 Å². The molecule has 0 saturated carbocycles. The third-order valence-corrected chi connectivity index (χ3v) is 3.76. The average molecular weight is 365 g/mol. The summed E-state index contributed by atoms with van der Waals surface area (Å²) in [5.41, 5.74) is -0.0887. The fourth-order valence-electron chi connectivity index (χ4n) is 2.47. The summed E-state index contributed by atoms with van der Waals surface area (Å²) >= 11 is 0. The van der Waals surface area contributed by atoms with Crippen LogP contribution in [0, 0.1) is 17.7 Å². The summed E-state index contributed by atoms with van der Waals surface area (Å²) < 4.78 is 61.9. The first kappa shape index (κ1) is 18.1. The number of hydrogen-bond acceptors (Lipinski definition) is 3. The van der Waals surface area contributed by atoms with Gasteiger partial charge in [-0.05, 0) is 42.9 Å². The molecule has 1 aliphatic heterocycles. The van der Waals surface area contributed by atoms with Crippen molar-refractivity contribution >= 4 is 0 Å². The SMILES string of the molecule is CN(CC#Cc1ccc(C(F)(F)F)cc1F)Cc1ccc2c(c1)OCO2. The van der Waals surface area contributed by atoms with Gasteiger partial charge in [0, 0.05) is 6.54 Å². The Hall–Kier alpha value is -2.72. The van der Waals surface area contributed by atoms with Crippen LogP contribution in [0.4, 0.5) is 17.6 Å². The minimum atomic E-state index is -4.57. The highest BCUT2D eigenvalue weighted by Crippen LogP contribution is 2.32. The fraction of sp³-hybridized carbons (Fsp3) is 0.263. The van der Waals surface area contributed by atoms with Gasteiger partial charge in [-0.25, -0.2) is 4.39 Å². The average Bonchev–Trinajstić information content (AvgIpc) is 3.03. The molecule has 3 rings (SSSR count). The van der Waals surface area contributed by atoms with E-state index in [4.69, 9.17) is 9.47 Å². The molecule has 2 aromatic carbocycles. The molecular formula is C19H15F4NO2. The number of alkyl halides is 3. The van der Waals surface area contributed by atoms with E-state index in [1.165, 1.54) is 0 Å². The number of hydrogen-bond donors (Lipinski definition) is 0. The maximum Gasteiger partial charge on any atom is 0.416 e. The van der Waals surface area contributed by atoms with Gasteiger partial charge in [0.2, 0.25) is 6.79 Å². The highest BCUT2D eigenvalue weighted by Gasteiger charge is 2.31. The van der Waals surface area contributed by atoms with Gasteiger partial charge in [0.1, 0.15) is 5.82 Å². The number of rotatable bonds is 3. The molecule has 26 heavy (non-hydrogen) atoms. The van der Waals surface area contributed by atoms with Gasteiger partial charge in [-0.3, -0.25) is 4.90 Å². The first-order valence-corrected chi connectivity index (χ1v) is 7.75. The van der Waals surface area contributed by atoms with Crippen molar-refractivity contribution in [2.24, 2.45) is 0 Å². The maximum absolute atomic E-state index is 13.7. The lowest BCUT2D eigenvalue weighted by Gasteiger charge is -2.13. The van der Waals surface area contributed by atoms with E-state index in [-0.39, 0.29) is 12.4 Å². The minimum absolute atomic E-state index is 0.0607. The zero-order chi connectivity index (χ0) is 18.7. The van der Waals surface area contributed by atoms with Crippen LogP contribution >= 0.6 is 0 Å². The zero-order valence-electron chi connectivity index (χ0n) is 13.9. The number of nitrogens with zero attached hydrogens (tertiary/aromatic N) is 1. The van der Waals surface area contributed by atoms with Crippen LogP contribution in [0.1, 0.15) is 16.7 Å². The van der Waals surface area contributed by atoms with E-state index < -0.39 is 17.6 Å². The molecule has 0 aliphatic carbocycles. The first-order chi connectivity index (χ1) is 12.3. The third-order valence-electron chi connectivity index (χ3n) is 3.76. The zero-order valence-corrected chi connectivity index (χ0v) is 13.9. The Balaban J connectivity index is 1.61. The minimum Gasteiger partial charge on any atom is -0.454 e. The van der Waals surface area contributed by atoms with Crippen molar-refractivity contribution < 1.29 is 27.0 Å². The molecule has 0 amide bonds. The predicted molar refractivity (Wildman–Crippen MR) is 87.2 cm³/mol. The highest BCUT2D eigenvalue weighted by atomic mass is 19.4.